The number of ether oxygens (including phenoxy) is 3. The number of aromatic nitrogens is 2. The lowest BCUT2D eigenvalue weighted by atomic mass is 9.92. The number of nitrogens with one attached hydrogen (secondary N) is 2. The zero-order valence-corrected chi connectivity index (χ0v) is 15.4. The highest BCUT2D eigenvalue weighted by Crippen LogP contribution is 2.36. The minimum Gasteiger partial charge on any atom is -0.372 e. The van der Waals surface area contributed by atoms with Crippen LogP contribution in [0.4, 0.5) is 0 Å². The van der Waals surface area contributed by atoms with E-state index in [1.54, 1.807) is 0 Å². The molecular weight excluding hydrogens is 439 g/mol. The van der Waals surface area contributed by atoms with Gasteiger partial charge in [0.15, 0.2) is 6.29 Å². The van der Waals surface area contributed by atoms with Crippen molar-refractivity contribution < 1.29 is 14.2 Å². The van der Waals surface area contributed by atoms with Gasteiger partial charge in [0.05, 0.1) is 22.9 Å². The molecule has 4 rings (SSSR count). The minimum atomic E-state index is -0.502. The Bertz CT molecular complexity index is 865. The van der Waals surface area contributed by atoms with Crippen LogP contribution in [0.3, 0.4) is 0 Å². The van der Waals surface area contributed by atoms with Crippen molar-refractivity contribution in [3.8, 4) is 0 Å². The van der Waals surface area contributed by atoms with E-state index >= 15 is 0 Å². The third-order valence-electron chi connectivity index (χ3n) is 4.54. The number of rotatable bonds is 2. The van der Waals surface area contributed by atoms with Crippen molar-refractivity contribution in [3.05, 3.63) is 66.0 Å². The molecule has 0 saturated carbocycles. The van der Waals surface area contributed by atoms with Crippen molar-refractivity contribution in [2.75, 3.05) is 13.2 Å². The first-order valence-corrected chi connectivity index (χ1v) is 9.15. The molecule has 2 fully saturated rings. The molecule has 0 amide bonds. The maximum atomic E-state index is 11.8. The van der Waals surface area contributed by atoms with E-state index in [0.29, 0.717) is 28.9 Å². The third kappa shape index (κ3) is 3.43. The normalized spacial score (nSPS) is 29.2. The van der Waals surface area contributed by atoms with Crippen LogP contribution in [-0.4, -0.2) is 35.4 Å². The summed E-state index contributed by atoms with van der Waals surface area (Å²) in [6.45, 7) is 0.874. The first-order valence-electron chi connectivity index (χ1n) is 8.07. The fourth-order valence-corrected chi connectivity index (χ4v) is 3.99. The highest BCUT2D eigenvalue weighted by atomic mass is 127. The maximum absolute atomic E-state index is 11.8. The van der Waals surface area contributed by atoms with Crippen molar-refractivity contribution in [3.63, 3.8) is 0 Å². The first-order chi connectivity index (χ1) is 12.1. The Kier molecular flexibility index (Phi) is 4.76. The molecule has 3 heterocycles. The highest BCUT2D eigenvalue weighted by Gasteiger charge is 2.39. The van der Waals surface area contributed by atoms with Gasteiger partial charge in [-0.05, 0) is 29.0 Å². The number of H-pyrrole nitrogens is 2. The zero-order chi connectivity index (χ0) is 17.4. The van der Waals surface area contributed by atoms with Crippen molar-refractivity contribution in [1.82, 2.24) is 9.97 Å². The molecule has 7 nitrogen and oxygen atoms in total. The molecule has 2 aromatic rings. The maximum Gasteiger partial charge on any atom is 0.325 e. The average Bonchev–Trinajstić information content (AvgIpc) is 2.64. The number of hydrogen-bond acceptors (Lipinski definition) is 5. The first kappa shape index (κ1) is 17.0. The molecule has 1 unspecified atom stereocenters. The standard InChI is InChI=1S/C17H17IN2O5/c18-13-14(19-17(22)20-15(13)21)10-6-11-12(23-7-10)8-24-16(25-11)9-4-2-1-3-5-9/h1-5,10-12,16H,6-8H2,(H2,19,20,21,22)/t10-,11-,12+,16?/m0/s1. The summed E-state index contributed by atoms with van der Waals surface area (Å²) in [5, 5.41) is 0. The lowest BCUT2D eigenvalue weighted by Gasteiger charge is -2.41. The summed E-state index contributed by atoms with van der Waals surface area (Å²) in [5.41, 5.74) is 0.690. The van der Waals surface area contributed by atoms with E-state index in [2.05, 4.69) is 9.97 Å². The van der Waals surface area contributed by atoms with E-state index in [-0.39, 0.29) is 23.7 Å². The molecule has 2 saturated heterocycles. The Morgan fingerprint density at radius 2 is 1.80 bits per heavy atom. The predicted octanol–water partition coefficient (Wildman–Crippen LogP) is 1.65. The van der Waals surface area contributed by atoms with Crippen LogP contribution in [0.25, 0.3) is 0 Å². The Morgan fingerprint density at radius 3 is 2.60 bits per heavy atom. The number of hydrogen-bond donors (Lipinski definition) is 2. The van der Waals surface area contributed by atoms with E-state index in [1.807, 2.05) is 52.9 Å². The molecule has 1 aromatic carbocycles. The SMILES string of the molecule is O=c1[nH]c([C@@H]2CO[C@@H]3COC(c4ccccc4)O[C@H]3C2)c(I)c(=O)[nH]1. The molecule has 1 aromatic heterocycles. The molecule has 132 valence electrons. The Hall–Kier alpha value is -1.49. The van der Waals surface area contributed by atoms with Crippen molar-refractivity contribution in [2.45, 2.75) is 30.8 Å². The van der Waals surface area contributed by atoms with Crippen LogP contribution in [-0.2, 0) is 14.2 Å². The Labute approximate surface area is 156 Å². The third-order valence-corrected chi connectivity index (χ3v) is 5.62. The quantitative estimate of drug-likeness (QED) is 0.671. The van der Waals surface area contributed by atoms with Gasteiger partial charge in [-0.2, -0.15) is 0 Å². The van der Waals surface area contributed by atoms with Gasteiger partial charge in [0, 0.05) is 17.2 Å². The van der Waals surface area contributed by atoms with Gasteiger partial charge in [-0.25, -0.2) is 4.79 Å². The highest BCUT2D eigenvalue weighted by molar-refractivity contribution is 14.1. The van der Waals surface area contributed by atoms with E-state index in [1.165, 1.54) is 0 Å². The molecule has 2 aliphatic rings. The van der Waals surface area contributed by atoms with Crippen molar-refractivity contribution in [2.24, 2.45) is 0 Å². The van der Waals surface area contributed by atoms with Gasteiger partial charge in [-0.15, -0.1) is 0 Å². The summed E-state index contributed by atoms with van der Waals surface area (Å²) in [7, 11) is 0. The number of halogens is 1. The van der Waals surface area contributed by atoms with Crippen LogP contribution in [0.15, 0.2) is 39.9 Å². The van der Waals surface area contributed by atoms with E-state index < -0.39 is 12.0 Å². The topological polar surface area (TPSA) is 93.4 Å². The van der Waals surface area contributed by atoms with Gasteiger partial charge in [0.1, 0.15) is 6.10 Å². The van der Waals surface area contributed by atoms with Gasteiger partial charge < -0.3 is 19.2 Å². The molecule has 0 radical (unpaired) electrons. The summed E-state index contributed by atoms with van der Waals surface area (Å²) in [6, 6.07) is 9.75. The summed E-state index contributed by atoms with van der Waals surface area (Å²) in [4.78, 5) is 28.4. The van der Waals surface area contributed by atoms with Crippen LogP contribution in [0.5, 0.6) is 0 Å². The molecule has 8 heteroatoms. The van der Waals surface area contributed by atoms with Crippen LogP contribution in [0.2, 0.25) is 0 Å². The van der Waals surface area contributed by atoms with Crippen molar-refractivity contribution in [1.29, 1.82) is 0 Å². The Morgan fingerprint density at radius 1 is 1.00 bits per heavy atom. The van der Waals surface area contributed by atoms with E-state index in [4.69, 9.17) is 14.2 Å². The summed E-state index contributed by atoms with van der Waals surface area (Å²) < 4.78 is 18.2. The summed E-state index contributed by atoms with van der Waals surface area (Å²) in [6.07, 6.45) is -0.0618. The second-order valence-corrected chi connectivity index (χ2v) is 7.27. The van der Waals surface area contributed by atoms with Crippen LogP contribution in [0, 0.1) is 3.57 Å². The lowest BCUT2D eigenvalue weighted by Crippen LogP contribution is -2.47. The van der Waals surface area contributed by atoms with Gasteiger partial charge in [-0.3, -0.25) is 9.78 Å². The van der Waals surface area contributed by atoms with Crippen LogP contribution < -0.4 is 11.2 Å². The smallest absolute Gasteiger partial charge is 0.325 e. The molecule has 2 N–H and O–H groups in total. The molecule has 4 atom stereocenters. The molecule has 0 bridgehead atoms. The average molecular weight is 456 g/mol. The summed E-state index contributed by atoms with van der Waals surface area (Å²) >= 11 is 1.95. The van der Waals surface area contributed by atoms with Crippen LogP contribution >= 0.6 is 22.6 Å². The molecule has 25 heavy (non-hydrogen) atoms. The van der Waals surface area contributed by atoms with Crippen LogP contribution in [0.1, 0.15) is 29.9 Å². The number of fused-ring (bicyclic) bond motifs is 1. The molecule has 0 aliphatic carbocycles. The van der Waals surface area contributed by atoms with E-state index in [0.717, 1.165) is 5.56 Å². The lowest BCUT2D eigenvalue weighted by molar-refractivity contribution is -0.280. The van der Waals surface area contributed by atoms with E-state index in [9.17, 15) is 9.59 Å². The summed E-state index contributed by atoms with van der Waals surface area (Å²) in [5.74, 6) is -0.0994. The second-order valence-electron chi connectivity index (χ2n) is 6.19. The Balaban J connectivity index is 1.55. The molecular formula is C17H17IN2O5. The fourth-order valence-electron chi connectivity index (χ4n) is 3.28. The zero-order valence-electron chi connectivity index (χ0n) is 13.2. The second kappa shape index (κ2) is 7.02. The molecule has 2 aliphatic heterocycles. The van der Waals surface area contributed by atoms with Gasteiger partial charge in [0.25, 0.3) is 5.56 Å². The molecule has 0 spiro atoms. The monoisotopic (exact) mass is 456 g/mol. The fraction of sp³-hybridized carbons (Fsp3) is 0.412. The number of benzene rings is 1. The van der Waals surface area contributed by atoms with Gasteiger partial charge >= 0.3 is 5.69 Å². The minimum absolute atomic E-state index is 0.0994. The van der Waals surface area contributed by atoms with Gasteiger partial charge in [0.2, 0.25) is 0 Å². The van der Waals surface area contributed by atoms with Crippen molar-refractivity contribution >= 4 is 22.6 Å². The largest absolute Gasteiger partial charge is 0.372 e. The number of aromatic amines is 2. The van der Waals surface area contributed by atoms with Gasteiger partial charge in [-0.1, -0.05) is 30.3 Å². The predicted molar refractivity (Wildman–Crippen MR) is 97.5 cm³/mol.